The highest BCUT2D eigenvalue weighted by Crippen LogP contribution is 2.29. The Labute approximate surface area is 166 Å². The largest absolute Gasteiger partial charge is 0.493 e. The average Bonchev–Trinajstić information content (AvgIpc) is 2.71. The lowest BCUT2D eigenvalue weighted by molar-refractivity contribution is 0.251. The molecule has 1 aliphatic rings. The molecule has 2 N–H and O–H groups in total. The molecule has 0 saturated heterocycles. The van der Waals surface area contributed by atoms with Crippen LogP contribution in [0.3, 0.4) is 0 Å². The van der Waals surface area contributed by atoms with Crippen LogP contribution in [0, 0.1) is 0 Å². The highest BCUT2D eigenvalue weighted by molar-refractivity contribution is 7.80. The molecule has 1 heterocycles. The summed E-state index contributed by atoms with van der Waals surface area (Å²) in [6, 6.07) is 14.4. The fourth-order valence-electron chi connectivity index (χ4n) is 3.34. The Morgan fingerprint density at radius 1 is 1.07 bits per heavy atom. The number of ether oxygens (including phenoxy) is 2. The molecule has 0 aromatic heterocycles. The number of fused-ring (bicyclic) bond motifs is 1. The van der Waals surface area contributed by atoms with E-state index in [1.807, 2.05) is 18.2 Å². The van der Waals surface area contributed by atoms with Gasteiger partial charge in [0.1, 0.15) is 0 Å². The molecule has 0 unspecified atom stereocenters. The third-order valence-corrected chi connectivity index (χ3v) is 5.03. The number of nitrogens with zero attached hydrogens (tertiary/aromatic N) is 1. The van der Waals surface area contributed by atoms with Crippen molar-refractivity contribution in [2.24, 2.45) is 0 Å². The maximum atomic E-state index is 5.39. The first-order valence-corrected chi connectivity index (χ1v) is 9.66. The highest BCUT2D eigenvalue weighted by Gasteiger charge is 2.14. The second-order valence-electron chi connectivity index (χ2n) is 6.60. The van der Waals surface area contributed by atoms with E-state index in [9.17, 15) is 0 Å². The number of hydrogen-bond donors (Lipinski definition) is 2. The predicted octanol–water partition coefficient (Wildman–Crippen LogP) is 3.44. The maximum absolute atomic E-state index is 5.39. The van der Waals surface area contributed by atoms with E-state index < -0.39 is 0 Å². The van der Waals surface area contributed by atoms with Crippen molar-refractivity contribution in [1.82, 2.24) is 10.2 Å². The van der Waals surface area contributed by atoms with Crippen LogP contribution in [-0.4, -0.2) is 43.9 Å². The molecule has 0 fully saturated rings. The quantitative estimate of drug-likeness (QED) is 0.562. The molecule has 1 aliphatic heterocycles. The van der Waals surface area contributed by atoms with Crippen molar-refractivity contribution in [2.75, 3.05) is 39.2 Å². The van der Waals surface area contributed by atoms with Crippen molar-refractivity contribution in [3.63, 3.8) is 0 Å². The predicted molar refractivity (Wildman–Crippen MR) is 114 cm³/mol. The minimum absolute atomic E-state index is 0.617. The monoisotopic (exact) mass is 385 g/mol. The fraction of sp³-hybridized carbons (Fsp3) is 0.381. The fourth-order valence-corrected chi connectivity index (χ4v) is 3.56. The highest BCUT2D eigenvalue weighted by atomic mass is 32.1. The number of benzene rings is 2. The van der Waals surface area contributed by atoms with E-state index >= 15 is 0 Å². The zero-order valence-electron chi connectivity index (χ0n) is 16.0. The summed E-state index contributed by atoms with van der Waals surface area (Å²) < 4.78 is 10.6. The van der Waals surface area contributed by atoms with Crippen LogP contribution in [0.5, 0.6) is 11.5 Å². The third-order valence-electron chi connectivity index (χ3n) is 4.79. The van der Waals surface area contributed by atoms with Gasteiger partial charge in [0.05, 0.1) is 14.2 Å². The van der Waals surface area contributed by atoms with Gasteiger partial charge in [-0.3, -0.25) is 4.90 Å². The SMILES string of the molecule is COc1ccc(NC(=S)NCCCN2CCc3ccccc3C2)cc1OC. The lowest BCUT2D eigenvalue weighted by atomic mass is 10.00. The number of nitrogens with one attached hydrogen (secondary N) is 2. The number of thiocarbonyl (C=S) groups is 1. The van der Waals surface area contributed by atoms with Crippen molar-refractivity contribution in [1.29, 1.82) is 0 Å². The molecule has 0 amide bonds. The van der Waals surface area contributed by atoms with Gasteiger partial charge in [0.15, 0.2) is 16.6 Å². The summed E-state index contributed by atoms with van der Waals surface area (Å²) >= 11 is 5.39. The van der Waals surface area contributed by atoms with E-state index in [1.54, 1.807) is 14.2 Å². The molecule has 0 atom stereocenters. The van der Waals surface area contributed by atoms with E-state index in [0.717, 1.165) is 44.7 Å². The molecule has 144 valence electrons. The van der Waals surface area contributed by atoms with Gasteiger partial charge >= 0.3 is 0 Å². The Hall–Kier alpha value is -2.31. The molecule has 27 heavy (non-hydrogen) atoms. The van der Waals surface area contributed by atoms with Crippen molar-refractivity contribution in [3.05, 3.63) is 53.6 Å². The number of methoxy groups -OCH3 is 2. The van der Waals surface area contributed by atoms with Crippen molar-refractivity contribution in [2.45, 2.75) is 19.4 Å². The standard InChI is InChI=1S/C21H27N3O2S/c1-25-19-9-8-18(14-20(19)26-2)23-21(27)22-11-5-12-24-13-10-16-6-3-4-7-17(16)15-24/h3-4,6-9,14H,5,10-13,15H2,1-2H3,(H2,22,23,27). The first kappa shape index (κ1) is 19.5. The Bertz CT molecular complexity index is 782. The van der Waals surface area contributed by atoms with Crippen LogP contribution in [0.1, 0.15) is 17.5 Å². The van der Waals surface area contributed by atoms with Crippen LogP contribution in [0.2, 0.25) is 0 Å². The second-order valence-corrected chi connectivity index (χ2v) is 7.01. The Balaban J connectivity index is 1.39. The molecule has 5 nitrogen and oxygen atoms in total. The minimum atomic E-state index is 0.617. The summed E-state index contributed by atoms with van der Waals surface area (Å²) in [4.78, 5) is 2.51. The van der Waals surface area contributed by atoms with E-state index in [1.165, 1.54) is 11.1 Å². The van der Waals surface area contributed by atoms with E-state index in [-0.39, 0.29) is 0 Å². The average molecular weight is 386 g/mol. The minimum Gasteiger partial charge on any atom is -0.493 e. The first-order chi connectivity index (χ1) is 13.2. The number of anilines is 1. The smallest absolute Gasteiger partial charge is 0.170 e. The van der Waals surface area contributed by atoms with Gasteiger partial charge in [-0.15, -0.1) is 0 Å². The molecular formula is C21H27N3O2S. The van der Waals surface area contributed by atoms with Crippen LogP contribution < -0.4 is 20.1 Å². The van der Waals surface area contributed by atoms with Gasteiger partial charge in [-0.2, -0.15) is 0 Å². The van der Waals surface area contributed by atoms with Gasteiger partial charge in [0, 0.05) is 37.9 Å². The summed E-state index contributed by atoms with van der Waals surface area (Å²) in [5.74, 6) is 1.38. The molecule has 0 aliphatic carbocycles. The van der Waals surface area contributed by atoms with Crippen LogP contribution in [0.4, 0.5) is 5.69 Å². The van der Waals surface area contributed by atoms with Crippen LogP contribution in [0.15, 0.2) is 42.5 Å². The molecule has 3 rings (SSSR count). The summed E-state index contributed by atoms with van der Waals surface area (Å²) in [6.45, 7) is 4.09. The molecule has 6 heteroatoms. The van der Waals surface area contributed by atoms with Gasteiger partial charge in [-0.25, -0.2) is 0 Å². The molecule has 0 spiro atoms. The molecule has 0 bridgehead atoms. The van der Waals surface area contributed by atoms with Gasteiger partial charge in [-0.05, 0) is 48.3 Å². The maximum Gasteiger partial charge on any atom is 0.170 e. The van der Waals surface area contributed by atoms with E-state index in [2.05, 4.69) is 39.8 Å². The summed E-state index contributed by atoms with van der Waals surface area (Å²) in [7, 11) is 3.25. The lowest BCUT2D eigenvalue weighted by Crippen LogP contribution is -2.34. The Kier molecular flexibility index (Phi) is 6.90. The molecule has 0 saturated carbocycles. The third kappa shape index (κ3) is 5.34. The molecular weight excluding hydrogens is 358 g/mol. The van der Waals surface area contributed by atoms with E-state index in [4.69, 9.17) is 21.7 Å². The topological polar surface area (TPSA) is 45.8 Å². The van der Waals surface area contributed by atoms with Gasteiger partial charge in [-0.1, -0.05) is 24.3 Å². The first-order valence-electron chi connectivity index (χ1n) is 9.25. The zero-order valence-corrected chi connectivity index (χ0v) is 16.8. The number of rotatable bonds is 7. The number of hydrogen-bond acceptors (Lipinski definition) is 4. The summed E-state index contributed by atoms with van der Waals surface area (Å²) in [5, 5.41) is 7.08. The van der Waals surface area contributed by atoms with Crippen molar-refractivity contribution >= 4 is 23.0 Å². The van der Waals surface area contributed by atoms with Crippen molar-refractivity contribution in [3.8, 4) is 11.5 Å². The van der Waals surface area contributed by atoms with Gasteiger partial charge in [0.2, 0.25) is 0 Å². The molecule has 2 aromatic carbocycles. The second kappa shape index (κ2) is 9.58. The van der Waals surface area contributed by atoms with Gasteiger partial charge in [0.25, 0.3) is 0 Å². The molecule has 0 radical (unpaired) electrons. The van der Waals surface area contributed by atoms with Crippen LogP contribution in [0.25, 0.3) is 0 Å². The molecule has 2 aromatic rings. The van der Waals surface area contributed by atoms with E-state index in [0.29, 0.717) is 16.6 Å². The Morgan fingerprint density at radius 3 is 2.63 bits per heavy atom. The lowest BCUT2D eigenvalue weighted by Gasteiger charge is -2.28. The van der Waals surface area contributed by atoms with Crippen LogP contribution in [-0.2, 0) is 13.0 Å². The summed E-state index contributed by atoms with van der Waals surface area (Å²) in [6.07, 6.45) is 2.19. The Morgan fingerprint density at radius 2 is 1.85 bits per heavy atom. The summed E-state index contributed by atoms with van der Waals surface area (Å²) in [5.41, 5.74) is 3.83. The van der Waals surface area contributed by atoms with Crippen LogP contribution >= 0.6 is 12.2 Å². The van der Waals surface area contributed by atoms with Crippen molar-refractivity contribution < 1.29 is 9.47 Å². The van der Waals surface area contributed by atoms with Gasteiger partial charge < -0.3 is 20.1 Å². The normalized spacial score (nSPS) is 13.6. The zero-order chi connectivity index (χ0) is 19.1.